The Bertz CT molecular complexity index is 1190. The topological polar surface area (TPSA) is 76.6 Å². The van der Waals surface area contributed by atoms with Gasteiger partial charge < -0.3 is 19.7 Å². The Labute approximate surface area is 191 Å². The van der Waals surface area contributed by atoms with Crippen LogP contribution in [0.5, 0.6) is 5.75 Å². The number of halogens is 1. The van der Waals surface area contributed by atoms with Crippen molar-refractivity contribution in [2.24, 2.45) is 0 Å². The maximum atomic E-state index is 14.3. The summed E-state index contributed by atoms with van der Waals surface area (Å²) < 4.78 is 25.8. The zero-order chi connectivity index (χ0) is 23.0. The molecule has 7 nitrogen and oxygen atoms in total. The molecule has 0 spiro atoms. The smallest absolute Gasteiger partial charge is 0.251 e. The number of amides is 1. The Morgan fingerprint density at radius 3 is 2.76 bits per heavy atom. The summed E-state index contributed by atoms with van der Waals surface area (Å²) >= 11 is 0. The van der Waals surface area contributed by atoms with Gasteiger partial charge in [-0.3, -0.25) is 4.79 Å². The molecular weight excluding hydrogens is 423 g/mol. The van der Waals surface area contributed by atoms with Gasteiger partial charge in [-0.15, -0.1) is 10.2 Å². The molecule has 0 bridgehead atoms. The maximum absolute atomic E-state index is 14.3. The van der Waals surface area contributed by atoms with Gasteiger partial charge in [0.2, 0.25) is 0 Å². The van der Waals surface area contributed by atoms with Gasteiger partial charge in [-0.1, -0.05) is 43.3 Å². The maximum Gasteiger partial charge on any atom is 0.251 e. The highest BCUT2D eigenvalue weighted by molar-refractivity contribution is 6.06. The summed E-state index contributed by atoms with van der Waals surface area (Å²) in [4.78, 5) is 15.2. The average molecular weight is 448 g/mol. The lowest BCUT2D eigenvalue weighted by atomic mass is 9.89. The van der Waals surface area contributed by atoms with Gasteiger partial charge in [-0.05, 0) is 30.2 Å². The molecular formula is C25H25FN4O3. The molecule has 2 aliphatic heterocycles. The number of hydrogen-bond donors (Lipinski definition) is 1. The van der Waals surface area contributed by atoms with Crippen molar-refractivity contribution in [3.63, 3.8) is 0 Å². The molecule has 0 saturated carbocycles. The first-order valence-electron chi connectivity index (χ1n) is 11.0. The molecule has 1 fully saturated rings. The largest absolute Gasteiger partial charge is 0.493 e. The molecule has 1 aromatic heterocycles. The zero-order valence-corrected chi connectivity index (χ0v) is 18.5. The molecule has 1 N–H and O–H groups in total. The van der Waals surface area contributed by atoms with Crippen LogP contribution in [-0.2, 0) is 16.1 Å². The van der Waals surface area contributed by atoms with Gasteiger partial charge in [0.05, 0.1) is 31.2 Å². The second-order valence-corrected chi connectivity index (χ2v) is 8.36. The fourth-order valence-corrected chi connectivity index (χ4v) is 4.82. The predicted octanol–water partition coefficient (Wildman–Crippen LogP) is 4.19. The number of nitrogens with one attached hydrogen (secondary N) is 1. The van der Waals surface area contributed by atoms with Crippen LogP contribution in [0.3, 0.4) is 0 Å². The van der Waals surface area contributed by atoms with Crippen molar-refractivity contribution in [3.05, 3.63) is 66.0 Å². The molecule has 0 unspecified atom stereocenters. The lowest BCUT2D eigenvalue weighted by Gasteiger charge is -2.41. The third-order valence-electron chi connectivity index (χ3n) is 6.55. The summed E-state index contributed by atoms with van der Waals surface area (Å²) in [6.45, 7) is 3.03. The minimum absolute atomic E-state index is 0.103. The zero-order valence-electron chi connectivity index (χ0n) is 18.5. The van der Waals surface area contributed by atoms with E-state index < -0.39 is 11.4 Å². The second kappa shape index (κ2) is 8.44. The molecule has 0 radical (unpaired) electrons. The van der Waals surface area contributed by atoms with Crippen molar-refractivity contribution in [1.29, 1.82) is 0 Å². The number of benzene rings is 2. The van der Waals surface area contributed by atoms with Crippen molar-refractivity contribution < 1.29 is 18.7 Å². The van der Waals surface area contributed by atoms with Crippen molar-refractivity contribution in [1.82, 2.24) is 10.2 Å². The number of carbonyl (C=O) groups is 1. The quantitative estimate of drug-likeness (QED) is 0.610. The Morgan fingerprint density at radius 1 is 1.18 bits per heavy atom. The summed E-state index contributed by atoms with van der Waals surface area (Å²) in [5.41, 5.74) is 2.08. The summed E-state index contributed by atoms with van der Waals surface area (Å²) in [5, 5.41) is 11.4. The summed E-state index contributed by atoms with van der Waals surface area (Å²) in [6.07, 6.45) is 1.06. The number of para-hydroxylation sites is 1. The molecule has 3 aromatic rings. The highest BCUT2D eigenvalue weighted by Gasteiger charge is 2.54. The Morgan fingerprint density at radius 2 is 2.00 bits per heavy atom. The molecule has 170 valence electrons. The Balaban J connectivity index is 1.49. The first kappa shape index (κ1) is 21.3. The van der Waals surface area contributed by atoms with E-state index in [1.807, 2.05) is 43.3 Å². The van der Waals surface area contributed by atoms with Crippen molar-refractivity contribution in [2.45, 2.75) is 38.0 Å². The van der Waals surface area contributed by atoms with Crippen molar-refractivity contribution >= 4 is 17.4 Å². The van der Waals surface area contributed by atoms with Crippen molar-refractivity contribution in [2.75, 3.05) is 23.9 Å². The van der Waals surface area contributed by atoms with E-state index in [0.29, 0.717) is 43.1 Å². The van der Waals surface area contributed by atoms with Crippen LogP contribution >= 0.6 is 0 Å². The standard InChI is InChI=1S/C25H25FN4O3/c1-3-25-13-17(33-15-16-8-5-4-6-9-16)14-30(25)21-12-20(28-29-23(21)27-24(25)31)18-10-7-11-19(26)22(18)32-2/h4-12,17H,3,13-15H2,1-2H3,(H,27,29,31)/t17-,25-/m1/s1. The number of ether oxygens (including phenoxy) is 2. The fraction of sp³-hybridized carbons (Fsp3) is 0.320. The van der Waals surface area contributed by atoms with Crippen LogP contribution in [0.4, 0.5) is 15.9 Å². The molecule has 0 aliphatic carbocycles. The van der Waals surface area contributed by atoms with E-state index in [2.05, 4.69) is 20.4 Å². The Hall–Kier alpha value is -3.52. The third kappa shape index (κ3) is 3.60. The molecule has 1 saturated heterocycles. The van der Waals surface area contributed by atoms with Crippen LogP contribution in [0.2, 0.25) is 0 Å². The molecule has 33 heavy (non-hydrogen) atoms. The lowest BCUT2D eigenvalue weighted by molar-refractivity contribution is -0.121. The lowest BCUT2D eigenvalue weighted by Crippen LogP contribution is -2.56. The number of aromatic nitrogens is 2. The van der Waals surface area contributed by atoms with Crippen LogP contribution < -0.4 is 15.0 Å². The predicted molar refractivity (Wildman–Crippen MR) is 123 cm³/mol. The van der Waals surface area contributed by atoms with E-state index >= 15 is 0 Å². The molecule has 3 heterocycles. The van der Waals surface area contributed by atoms with Gasteiger partial charge in [0.25, 0.3) is 5.91 Å². The molecule has 5 rings (SSSR count). The highest BCUT2D eigenvalue weighted by Crippen LogP contribution is 2.46. The van der Waals surface area contributed by atoms with Gasteiger partial charge in [0.15, 0.2) is 17.4 Å². The summed E-state index contributed by atoms with van der Waals surface area (Å²) in [5.74, 6) is -0.0688. The average Bonchev–Trinajstić information content (AvgIpc) is 3.24. The normalized spacial score (nSPS) is 21.4. The number of hydrogen-bond acceptors (Lipinski definition) is 6. The van der Waals surface area contributed by atoms with E-state index in [9.17, 15) is 9.18 Å². The number of rotatable bonds is 6. The van der Waals surface area contributed by atoms with Crippen LogP contribution in [0.1, 0.15) is 25.3 Å². The summed E-state index contributed by atoms with van der Waals surface area (Å²) in [6, 6.07) is 16.5. The number of nitrogens with zero attached hydrogens (tertiary/aromatic N) is 3. The minimum Gasteiger partial charge on any atom is -0.493 e. The number of carbonyl (C=O) groups excluding carboxylic acids is 1. The monoisotopic (exact) mass is 448 g/mol. The van der Waals surface area contributed by atoms with Crippen LogP contribution in [-0.4, -0.2) is 41.4 Å². The first-order chi connectivity index (χ1) is 16.1. The van der Waals surface area contributed by atoms with E-state index in [1.54, 1.807) is 12.1 Å². The molecule has 1 amide bonds. The first-order valence-corrected chi connectivity index (χ1v) is 11.0. The van der Waals surface area contributed by atoms with Gasteiger partial charge in [0, 0.05) is 18.5 Å². The minimum atomic E-state index is -0.735. The summed E-state index contributed by atoms with van der Waals surface area (Å²) in [7, 11) is 1.42. The Kier molecular flexibility index (Phi) is 5.46. The third-order valence-corrected chi connectivity index (χ3v) is 6.55. The fourth-order valence-electron chi connectivity index (χ4n) is 4.82. The van der Waals surface area contributed by atoms with Gasteiger partial charge in [-0.25, -0.2) is 4.39 Å². The van der Waals surface area contributed by atoms with Crippen LogP contribution in [0.15, 0.2) is 54.6 Å². The number of fused-ring (bicyclic) bond motifs is 3. The van der Waals surface area contributed by atoms with Gasteiger partial charge in [0.1, 0.15) is 5.54 Å². The SMILES string of the molecule is CC[C@]12C[C@@H](OCc3ccccc3)CN1c1cc(-c3cccc(F)c3OC)nnc1NC2=O. The molecule has 2 atom stereocenters. The highest BCUT2D eigenvalue weighted by atomic mass is 19.1. The number of methoxy groups -OCH3 is 1. The van der Waals surface area contributed by atoms with Gasteiger partial charge >= 0.3 is 0 Å². The van der Waals surface area contributed by atoms with Crippen LogP contribution in [0.25, 0.3) is 11.3 Å². The number of anilines is 2. The molecule has 8 heteroatoms. The molecule has 2 aromatic carbocycles. The second-order valence-electron chi connectivity index (χ2n) is 8.36. The van der Waals surface area contributed by atoms with E-state index in [0.717, 1.165) is 11.3 Å². The molecule has 2 aliphatic rings. The van der Waals surface area contributed by atoms with Crippen LogP contribution in [0, 0.1) is 5.82 Å². The van der Waals surface area contributed by atoms with E-state index in [1.165, 1.54) is 13.2 Å². The van der Waals surface area contributed by atoms with E-state index in [4.69, 9.17) is 9.47 Å². The van der Waals surface area contributed by atoms with E-state index in [-0.39, 0.29) is 17.8 Å². The van der Waals surface area contributed by atoms with Crippen molar-refractivity contribution in [3.8, 4) is 17.0 Å². The van der Waals surface area contributed by atoms with Gasteiger partial charge in [-0.2, -0.15) is 0 Å².